The molecule has 0 saturated carbocycles. The Morgan fingerprint density at radius 2 is 1.95 bits per heavy atom. The number of nitrogens with zero attached hydrogens (tertiary/aromatic N) is 4. The summed E-state index contributed by atoms with van der Waals surface area (Å²) in [5.41, 5.74) is -0.980. The van der Waals surface area contributed by atoms with E-state index in [4.69, 9.17) is 12.2 Å². The normalized spacial score (nSPS) is 19.6. The Bertz CT molecular complexity index is 525. The molecule has 0 aromatic heterocycles. The molecule has 1 aliphatic rings. The maximum absolute atomic E-state index is 12.0. The first kappa shape index (κ1) is 15.8. The lowest BCUT2D eigenvalue weighted by molar-refractivity contribution is -0.130. The van der Waals surface area contributed by atoms with Crippen molar-refractivity contribution in [2.75, 3.05) is 27.0 Å². The van der Waals surface area contributed by atoms with Gasteiger partial charge in [-0.2, -0.15) is 4.40 Å². The summed E-state index contributed by atoms with van der Waals surface area (Å²) in [5.74, 6) is -0.650. The summed E-state index contributed by atoms with van der Waals surface area (Å²) in [6.07, 6.45) is 1.20. The number of carbonyl (C=O) groups is 1. The van der Waals surface area contributed by atoms with Gasteiger partial charge in [0.15, 0.2) is 5.11 Å². The Kier molecular flexibility index (Phi) is 4.20. The third-order valence-electron chi connectivity index (χ3n) is 2.75. The Morgan fingerprint density at radius 1 is 1.42 bits per heavy atom. The second-order valence-corrected chi connectivity index (χ2v) is 7.03. The zero-order valence-electron chi connectivity index (χ0n) is 11.6. The van der Waals surface area contributed by atoms with Crippen LogP contribution in [0.1, 0.15) is 13.8 Å². The first-order chi connectivity index (χ1) is 8.49. The molecule has 0 bridgehead atoms. The molecule has 19 heavy (non-hydrogen) atoms. The Balaban J connectivity index is 3.00. The van der Waals surface area contributed by atoms with Gasteiger partial charge >= 0.3 is 0 Å². The van der Waals surface area contributed by atoms with Gasteiger partial charge in [0, 0.05) is 21.1 Å². The van der Waals surface area contributed by atoms with Crippen molar-refractivity contribution in [3.63, 3.8) is 0 Å². The average Bonchev–Trinajstić information content (AvgIpc) is 2.42. The van der Waals surface area contributed by atoms with E-state index in [0.717, 1.165) is 0 Å². The quantitative estimate of drug-likeness (QED) is 0.403. The van der Waals surface area contributed by atoms with E-state index in [9.17, 15) is 13.2 Å². The van der Waals surface area contributed by atoms with Gasteiger partial charge in [-0.3, -0.25) is 9.69 Å². The molecule has 0 aliphatic carbocycles. The summed E-state index contributed by atoms with van der Waals surface area (Å²) < 4.78 is 27.3. The van der Waals surface area contributed by atoms with Gasteiger partial charge in [-0.25, -0.2) is 8.42 Å². The number of carbonyl (C=O) groups excluding carboxylic acids is 1. The van der Waals surface area contributed by atoms with E-state index in [1.165, 1.54) is 28.1 Å². The minimum atomic E-state index is -3.72. The van der Waals surface area contributed by atoms with Crippen LogP contribution in [0, 0.1) is 0 Å². The highest BCUT2D eigenvalue weighted by atomic mass is 32.2. The summed E-state index contributed by atoms with van der Waals surface area (Å²) in [6.45, 7) is 3.27. The van der Waals surface area contributed by atoms with Crippen LogP contribution in [-0.2, 0) is 14.8 Å². The zero-order chi connectivity index (χ0) is 15.0. The van der Waals surface area contributed by atoms with Crippen LogP contribution in [0.4, 0.5) is 0 Å². The van der Waals surface area contributed by atoms with Crippen molar-refractivity contribution in [3.05, 3.63) is 0 Å². The van der Waals surface area contributed by atoms with Gasteiger partial charge in [-0.15, -0.1) is 0 Å². The topological polar surface area (TPSA) is 73.3 Å². The third kappa shape index (κ3) is 3.21. The number of likely N-dealkylation sites (N-methyl/N-ethyl adjacent to an activating group) is 1. The van der Waals surface area contributed by atoms with Gasteiger partial charge in [0.2, 0.25) is 0 Å². The number of amides is 1. The van der Waals surface area contributed by atoms with E-state index in [0.29, 0.717) is 0 Å². The molecular formula is C10H18N4O3S2. The molecular weight excluding hydrogens is 288 g/mol. The molecule has 9 heteroatoms. The van der Waals surface area contributed by atoms with Gasteiger partial charge in [0.25, 0.3) is 15.9 Å². The van der Waals surface area contributed by atoms with Crippen LogP contribution in [0.15, 0.2) is 4.40 Å². The van der Waals surface area contributed by atoms with Crippen LogP contribution in [0.2, 0.25) is 0 Å². The second-order valence-electron chi connectivity index (χ2n) is 5.03. The molecule has 108 valence electrons. The SMILES string of the molecule is CN(C)C=NS(=O)(=O)CN1C(=S)N(C)C(=O)C1(C)C. The fraction of sp³-hybridized carbons (Fsp3) is 0.700. The minimum Gasteiger partial charge on any atom is -0.368 e. The largest absolute Gasteiger partial charge is 0.368 e. The molecule has 0 unspecified atom stereocenters. The Labute approximate surface area is 118 Å². The lowest BCUT2D eigenvalue weighted by Gasteiger charge is -2.28. The smallest absolute Gasteiger partial charge is 0.272 e. The van der Waals surface area contributed by atoms with Crippen molar-refractivity contribution in [1.82, 2.24) is 14.7 Å². The number of thiocarbonyl (C=S) groups is 1. The molecule has 0 spiro atoms. The monoisotopic (exact) mass is 306 g/mol. The maximum Gasteiger partial charge on any atom is 0.272 e. The molecule has 0 aromatic rings. The van der Waals surface area contributed by atoms with Crippen LogP contribution in [-0.4, -0.2) is 73.0 Å². The van der Waals surface area contributed by atoms with Gasteiger partial charge in [0.05, 0.1) is 0 Å². The minimum absolute atomic E-state index is 0.193. The molecule has 1 aliphatic heterocycles. The van der Waals surface area contributed by atoms with Crippen molar-refractivity contribution in [1.29, 1.82) is 0 Å². The van der Waals surface area contributed by atoms with Crippen molar-refractivity contribution in [3.8, 4) is 0 Å². The van der Waals surface area contributed by atoms with Crippen molar-refractivity contribution in [2.24, 2.45) is 4.40 Å². The summed E-state index contributed by atoms with van der Waals surface area (Å²) in [6, 6.07) is 0. The van der Waals surface area contributed by atoms with E-state index in [1.807, 2.05) is 0 Å². The second kappa shape index (κ2) is 5.04. The highest BCUT2D eigenvalue weighted by Crippen LogP contribution is 2.27. The van der Waals surface area contributed by atoms with Crippen LogP contribution < -0.4 is 0 Å². The van der Waals surface area contributed by atoms with Crippen LogP contribution in [0.3, 0.4) is 0 Å². The molecule has 0 N–H and O–H groups in total. The number of hydrogen-bond donors (Lipinski definition) is 0. The Morgan fingerprint density at radius 3 is 2.32 bits per heavy atom. The summed E-state index contributed by atoms with van der Waals surface area (Å²) in [7, 11) is 1.14. The van der Waals surface area contributed by atoms with Crippen LogP contribution in [0.25, 0.3) is 0 Å². The lowest BCUT2D eigenvalue weighted by atomic mass is 10.1. The van der Waals surface area contributed by atoms with Crippen LogP contribution in [0.5, 0.6) is 0 Å². The zero-order valence-corrected chi connectivity index (χ0v) is 13.2. The standard InChI is InChI=1S/C10H18N4O3S2/c1-10(2)8(15)13(5)9(18)14(10)7-19(16,17)11-6-12(3)4/h6H,7H2,1-5H3. The van der Waals surface area contributed by atoms with E-state index < -0.39 is 21.4 Å². The van der Waals surface area contributed by atoms with E-state index in [2.05, 4.69) is 4.40 Å². The average molecular weight is 306 g/mol. The molecule has 0 aromatic carbocycles. The molecule has 7 nitrogen and oxygen atoms in total. The van der Waals surface area contributed by atoms with Gasteiger partial charge in [-0.1, -0.05) is 0 Å². The first-order valence-electron chi connectivity index (χ1n) is 5.53. The molecule has 1 fully saturated rings. The molecule has 1 rings (SSSR count). The fourth-order valence-electron chi connectivity index (χ4n) is 1.61. The van der Waals surface area contributed by atoms with Gasteiger partial charge < -0.3 is 9.80 Å². The van der Waals surface area contributed by atoms with E-state index in [-0.39, 0.29) is 11.0 Å². The maximum atomic E-state index is 12.0. The highest BCUT2D eigenvalue weighted by molar-refractivity contribution is 7.90. The molecule has 0 radical (unpaired) electrons. The van der Waals surface area contributed by atoms with E-state index in [1.54, 1.807) is 27.9 Å². The van der Waals surface area contributed by atoms with Crippen LogP contribution >= 0.6 is 12.2 Å². The summed E-state index contributed by atoms with van der Waals surface area (Å²) in [5, 5.41) is 0.193. The summed E-state index contributed by atoms with van der Waals surface area (Å²) in [4.78, 5) is 16.1. The molecule has 1 saturated heterocycles. The predicted molar refractivity (Wildman–Crippen MR) is 77.3 cm³/mol. The van der Waals surface area contributed by atoms with Crippen molar-refractivity contribution in [2.45, 2.75) is 19.4 Å². The fourth-order valence-corrected chi connectivity index (χ4v) is 3.24. The molecule has 0 atom stereocenters. The highest BCUT2D eigenvalue weighted by Gasteiger charge is 2.48. The molecule has 1 heterocycles. The first-order valence-corrected chi connectivity index (χ1v) is 7.55. The number of hydrogen-bond acceptors (Lipinski definition) is 4. The van der Waals surface area contributed by atoms with E-state index >= 15 is 0 Å². The lowest BCUT2D eigenvalue weighted by Crippen LogP contribution is -2.46. The van der Waals surface area contributed by atoms with Gasteiger partial charge in [-0.05, 0) is 26.1 Å². The number of sulfonamides is 1. The number of rotatable bonds is 4. The van der Waals surface area contributed by atoms with Gasteiger partial charge in [0.1, 0.15) is 17.8 Å². The molecule has 1 amide bonds. The summed E-state index contributed by atoms with van der Waals surface area (Å²) >= 11 is 5.10. The van der Waals surface area contributed by atoms with Crippen molar-refractivity contribution >= 4 is 39.6 Å². The van der Waals surface area contributed by atoms with Crippen molar-refractivity contribution < 1.29 is 13.2 Å². The third-order valence-corrected chi connectivity index (χ3v) is 4.25. The Hall–Kier alpha value is -1.22. The predicted octanol–water partition coefficient (Wildman–Crippen LogP) is -0.299.